The lowest BCUT2D eigenvalue weighted by Crippen LogP contribution is -2.43. The fraction of sp³-hybridized carbons (Fsp3) is 0.385. The Hall–Kier alpha value is -1.75. The molecule has 1 heterocycles. The molecule has 19 heavy (non-hydrogen) atoms. The number of nitrogens with one attached hydrogen (secondary N) is 1. The highest BCUT2D eigenvalue weighted by Crippen LogP contribution is 2.35. The number of amides is 2. The average molecular weight is 283 g/mol. The standard InChI is InChI=1S/C13H15ClN2O3/c1-8(2)16-10-5-9(15-12(17)6-14)3-4-11(10)19-7-13(16)18/h3-5,8H,6-7H2,1-2H3,(H,15,17). The van der Waals surface area contributed by atoms with Gasteiger partial charge in [-0.3, -0.25) is 9.59 Å². The van der Waals surface area contributed by atoms with Crippen LogP contribution < -0.4 is 15.0 Å². The molecule has 2 amide bonds. The van der Waals surface area contributed by atoms with Crippen LogP contribution in [0.25, 0.3) is 0 Å². The number of anilines is 2. The molecule has 0 saturated heterocycles. The van der Waals surface area contributed by atoms with Crippen molar-refractivity contribution >= 4 is 34.8 Å². The Morgan fingerprint density at radius 3 is 2.89 bits per heavy atom. The van der Waals surface area contributed by atoms with E-state index in [2.05, 4.69) is 5.32 Å². The molecule has 0 aliphatic carbocycles. The smallest absolute Gasteiger partial charge is 0.265 e. The van der Waals surface area contributed by atoms with Gasteiger partial charge in [0.15, 0.2) is 6.61 Å². The number of nitrogens with zero attached hydrogens (tertiary/aromatic N) is 1. The first-order chi connectivity index (χ1) is 9.02. The number of alkyl halides is 1. The highest BCUT2D eigenvalue weighted by Gasteiger charge is 2.27. The van der Waals surface area contributed by atoms with Crippen LogP contribution in [0.1, 0.15) is 13.8 Å². The quantitative estimate of drug-likeness (QED) is 0.863. The van der Waals surface area contributed by atoms with E-state index in [0.29, 0.717) is 17.1 Å². The monoisotopic (exact) mass is 282 g/mol. The number of ether oxygens (including phenoxy) is 1. The third-order valence-electron chi connectivity index (χ3n) is 2.76. The molecule has 0 radical (unpaired) electrons. The van der Waals surface area contributed by atoms with E-state index in [4.69, 9.17) is 16.3 Å². The predicted molar refractivity (Wildman–Crippen MR) is 73.9 cm³/mol. The molecule has 5 nitrogen and oxygen atoms in total. The zero-order valence-corrected chi connectivity index (χ0v) is 11.5. The maximum absolute atomic E-state index is 11.9. The number of carbonyl (C=O) groups excluding carboxylic acids is 2. The highest BCUT2D eigenvalue weighted by molar-refractivity contribution is 6.29. The number of benzene rings is 1. The fourth-order valence-electron chi connectivity index (χ4n) is 2.01. The average Bonchev–Trinajstić information content (AvgIpc) is 2.37. The van der Waals surface area contributed by atoms with Gasteiger partial charge in [-0.05, 0) is 32.0 Å². The van der Waals surface area contributed by atoms with Crippen molar-refractivity contribution in [1.29, 1.82) is 0 Å². The Kier molecular flexibility index (Phi) is 3.95. The summed E-state index contributed by atoms with van der Waals surface area (Å²) >= 11 is 5.45. The Labute approximate surface area is 116 Å². The van der Waals surface area contributed by atoms with E-state index < -0.39 is 0 Å². The second kappa shape index (κ2) is 5.48. The van der Waals surface area contributed by atoms with Gasteiger partial charge in [0, 0.05) is 11.7 Å². The van der Waals surface area contributed by atoms with Crippen molar-refractivity contribution in [1.82, 2.24) is 0 Å². The number of carbonyl (C=O) groups is 2. The van der Waals surface area contributed by atoms with Gasteiger partial charge < -0.3 is 15.0 Å². The van der Waals surface area contributed by atoms with Gasteiger partial charge in [-0.25, -0.2) is 0 Å². The van der Waals surface area contributed by atoms with Gasteiger partial charge in [-0.1, -0.05) is 0 Å². The number of halogens is 1. The van der Waals surface area contributed by atoms with E-state index in [9.17, 15) is 9.59 Å². The molecule has 0 bridgehead atoms. The SMILES string of the molecule is CC(C)N1C(=O)COc2ccc(NC(=O)CCl)cc21. The molecule has 0 fully saturated rings. The highest BCUT2D eigenvalue weighted by atomic mass is 35.5. The zero-order chi connectivity index (χ0) is 14.0. The third-order valence-corrected chi connectivity index (χ3v) is 3.00. The van der Waals surface area contributed by atoms with E-state index >= 15 is 0 Å². The molecule has 1 aromatic carbocycles. The van der Waals surface area contributed by atoms with E-state index in [0.717, 1.165) is 0 Å². The summed E-state index contributed by atoms with van der Waals surface area (Å²) in [7, 11) is 0. The lowest BCUT2D eigenvalue weighted by atomic mass is 10.1. The van der Waals surface area contributed by atoms with Crippen molar-refractivity contribution in [2.24, 2.45) is 0 Å². The Balaban J connectivity index is 2.36. The molecule has 1 aliphatic heterocycles. The summed E-state index contributed by atoms with van der Waals surface area (Å²) in [6, 6.07) is 5.20. The molecule has 1 aliphatic rings. The molecule has 102 valence electrons. The zero-order valence-electron chi connectivity index (χ0n) is 10.8. The fourth-order valence-corrected chi connectivity index (χ4v) is 2.08. The van der Waals surface area contributed by atoms with Crippen molar-refractivity contribution in [3.8, 4) is 5.75 Å². The first kappa shape index (κ1) is 13.7. The lowest BCUT2D eigenvalue weighted by Gasteiger charge is -2.32. The molecular weight excluding hydrogens is 268 g/mol. The maximum atomic E-state index is 11.9. The van der Waals surface area contributed by atoms with Crippen LogP contribution in [0.15, 0.2) is 18.2 Å². The van der Waals surface area contributed by atoms with E-state index in [-0.39, 0.29) is 30.3 Å². The topological polar surface area (TPSA) is 58.6 Å². The summed E-state index contributed by atoms with van der Waals surface area (Å²) in [5.74, 6) is 0.140. The number of rotatable bonds is 3. The van der Waals surface area contributed by atoms with Crippen LogP contribution in [-0.2, 0) is 9.59 Å². The summed E-state index contributed by atoms with van der Waals surface area (Å²) in [5.41, 5.74) is 1.26. The van der Waals surface area contributed by atoms with Gasteiger partial charge in [0.25, 0.3) is 5.91 Å². The molecule has 2 rings (SSSR count). The summed E-state index contributed by atoms with van der Waals surface area (Å²) in [4.78, 5) is 24.8. The first-order valence-electron chi connectivity index (χ1n) is 5.97. The van der Waals surface area contributed by atoms with Crippen LogP contribution in [0, 0.1) is 0 Å². The second-order valence-electron chi connectivity index (χ2n) is 4.51. The number of fused-ring (bicyclic) bond motifs is 1. The number of hydrogen-bond donors (Lipinski definition) is 1. The summed E-state index contributed by atoms with van der Waals surface area (Å²) in [5, 5.41) is 2.65. The van der Waals surface area contributed by atoms with Gasteiger partial charge in [0.1, 0.15) is 11.6 Å². The van der Waals surface area contributed by atoms with Gasteiger partial charge in [-0.15, -0.1) is 11.6 Å². The van der Waals surface area contributed by atoms with Crippen LogP contribution in [0.3, 0.4) is 0 Å². The predicted octanol–water partition coefficient (Wildman–Crippen LogP) is 2.00. The minimum absolute atomic E-state index is 0.0223. The molecule has 0 unspecified atom stereocenters. The molecule has 0 saturated carbocycles. The Morgan fingerprint density at radius 2 is 2.26 bits per heavy atom. The van der Waals surface area contributed by atoms with Crippen LogP contribution >= 0.6 is 11.6 Å². The van der Waals surface area contributed by atoms with Crippen molar-refractivity contribution in [3.63, 3.8) is 0 Å². The summed E-state index contributed by atoms with van der Waals surface area (Å²) in [6.07, 6.45) is 0. The second-order valence-corrected chi connectivity index (χ2v) is 4.78. The Bertz CT molecular complexity index is 517. The van der Waals surface area contributed by atoms with Crippen molar-refractivity contribution in [3.05, 3.63) is 18.2 Å². The first-order valence-corrected chi connectivity index (χ1v) is 6.51. The van der Waals surface area contributed by atoms with Crippen molar-refractivity contribution < 1.29 is 14.3 Å². The third kappa shape index (κ3) is 2.81. The van der Waals surface area contributed by atoms with Crippen LogP contribution in [-0.4, -0.2) is 30.3 Å². The number of hydrogen-bond acceptors (Lipinski definition) is 3. The molecular formula is C13H15ClN2O3. The van der Waals surface area contributed by atoms with Gasteiger partial charge in [0.2, 0.25) is 5.91 Å². The molecule has 0 spiro atoms. The Morgan fingerprint density at radius 1 is 1.53 bits per heavy atom. The minimum Gasteiger partial charge on any atom is -0.482 e. The van der Waals surface area contributed by atoms with Crippen molar-refractivity contribution in [2.75, 3.05) is 22.7 Å². The van der Waals surface area contributed by atoms with Gasteiger partial charge >= 0.3 is 0 Å². The van der Waals surface area contributed by atoms with Gasteiger partial charge in [0.05, 0.1) is 5.69 Å². The van der Waals surface area contributed by atoms with Crippen LogP contribution in [0.4, 0.5) is 11.4 Å². The van der Waals surface area contributed by atoms with E-state index in [1.807, 2.05) is 13.8 Å². The summed E-state index contributed by atoms with van der Waals surface area (Å²) in [6.45, 7) is 3.90. The molecule has 6 heteroatoms. The lowest BCUT2D eigenvalue weighted by molar-refractivity contribution is -0.121. The molecule has 1 N–H and O–H groups in total. The summed E-state index contributed by atoms with van der Waals surface area (Å²) < 4.78 is 5.37. The molecule has 0 atom stereocenters. The van der Waals surface area contributed by atoms with Crippen LogP contribution in [0.5, 0.6) is 5.75 Å². The van der Waals surface area contributed by atoms with Gasteiger partial charge in [-0.2, -0.15) is 0 Å². The van der Waals surface area contributed by atoms with Crippen molar-refractivity contribution in [2.45, 2.75) is 19.9 Å². The minimum atomic E-state index is -0.291. The maximum Gasteiger partial charge on any atom is 0.265 e. The van der Waals surface area contributed by atoms with Crippen LogP contribution in [0.2, 0.25) is 0 Å². The molecule has 1 aromatic rings. The van der Waals surface area contributed by atoms with E-state index in [1.165, 1.54) is 0 Å². The van der Waals surface area contributed by atoms with E-state index in [1.54, 1.807) is 23.1 Å². The molecule has 0 aromatic heterocycles. The normalized spacial score (nSPS) is 14.1. The largest absolute Gasteiger partial charge is 0.482 e.